The van der Waals surface area contributed by atoms with Gasteiger partial charge in [-0.25, -0.2) is 0 Å². The van der Waals surface area contributed by atoms with E-state index in [2.05, 4.69) is 24.5 Å². The molecule has 0 aliphatic carbocycles. The maximum Gasteiger partial charge on any atom is 0.115 e. The Labute approximate surface area is 98.2 Å². The van der Waals surface area contributed by atoms with Crippen LogP contribution in [0.5, 0.6) is 5.75 Å². The Morgan fingerprint density at radius 1 is 1.44 bits per heavy atom. The number of aromatic hydroxyl groups is 1. The molecule has 1 aromatic rings. The number of phenolic OH excluding ortho intramolecular Hbond substituents is 1. The summed E-state index contributed by atoms with van der Waals surface area (Å²) in [5.74, 6) is 0.656. The van der Waals surface area contributed by atoms with Crippen LogP contribution in [-0.2, 0) is 0 Å². The second-order valence-corrected chi connectivity index (χ2v) is 4.45. The van der Waals surface area contributed by atoms with E-state index in [-0.39, 0.29) is 0 Å². The van der Waals surface area contributed by atoms with Gasteiger partial charge in [0.1, 0.15) is 5.75 Å². The number of rotatable bonds is 5. The number of phenols is 1. The maximum absolute atomic E-state index is 9.48. The molecule has 0 heterocycles. The first-order chi connectivity index (χ1) is 7.54. The summed E-state index contributed by atoms with van der Waals surface area (Å²) in [7, 11) is 4.08. The second-order valence-electron chi connectivity index (χ2n) is 4.45. The van der Waals surface area contributed by atoms with Crippen LogP contribution in [0.2, 0.25) is 0 Å². The van der Waals surface area contributed by atoms with Gasteiger partial charge in [-0.3, -0.25) is 0 Å². The molecule has 0 fully saturated rings. The van der Waals surface area contributed by atoms with Crippen molar-refractivity contribution in [2.75, 3.05) is 20.6 Å². The van der Waals surface area contributed by atoms with Crippen molar-refractivity contribution in [3.05, 3.63) is 42.0 Å². The lowest BCUT2D eigenvalue weighted by molar-refractivity contribution is 0.432. The normalized spacial score (nSPS) is 12.8. The van der Waals surface area contributed by atoms with Crippen LogP contribution in [0.4, 0.5) is 0 Å². The van der Waals surface area contributed by atoms with E-state index in [1.807, 2.05) is 26.2 Å². The van der Waals surface area contributed by atoms with Gasteiger partial charge in [0.2, 0.25) is 0 Å². The number of hydrogen-bond acceptors (Lipinski definition) is 2. The molecular weight excluding hydrogens is 198 g/mol. The van der Waals surface area contributed by atoms with Gasteiger partial charge in [0.25, 0.3) is 0 Å². The Morgan fingerprint density at radius 2 is 2.12 bits per heavy atom. The molecule has 0 radical (unpaired) electrons. The molecule has 1 aromatic carbocycles. The van der Waals surface area contributed by atoms with Crippen LogP contribution in [0, 0.1) is 0 Å². The zero-order chi connectivity index (χ0) is 12.1. The third-order valence-electron chi connectivity index (χ3n) is 2.69. The van der Waals surface area contributed by atoms with Crippen LogP contribution in [-0.4, -0.2) is 30.6 Å². The number of likely N-dealkylation sites (N-methyl/N-ethyl adjacent to an activating group) is 1. The maximum atomic E-state index is 9.48. The molecule has 0 aromatic heterocycles. The van der Waals surface area contributed by atoms with Gasteiger partial charge in [-0.1, -0.05) is 31.2 Å². The lowest BCUT2D eigenvalue weighted by Gasteiger charge is -2.21. The second kappa shape index (κ2) is 5.71. The van der Waals surface area contributed by atoms with Crippen LogP contribution in [0.25, 0.3) is 0 Å². The molecule has 0 amide bonds. The molecule has 1 atom stereocenters. The Hall–Kier alpha value is -1.28. The summed E-state index contributed by atoms with van der Waals surface area (Å²) in [6.45, 7) is 7.18. The standard InChI is InChI=1S/C14H21NO/c1-5-14(11(2)10-15(3)4)12-7-6-8-13(16)9-12/h6-9,14,16H,2,5,10H2,1,3-4H3/t14-/m1/s1. The van der Waals surface area contributed by atoms with Crippen LogP contribution in [0.3, 0.4) is 0 Å². The third kappa shape index (κ3) is 3.38. The molecule has 1 N–H and O–H groups in total. The summed E-state index contributed by atoms with van der Waals surface area (Å²) in [6.07, 6.45) is 1.01. The lowest BCUT2D eigenvalue weighted by Crippen LogP contribution is -2.18. The van der Waals surface area contributed by atoms with Gasteiger partial charge >= 0.3 is 0 Å². The van der Waals surface area contributed by atoms with Crippen molar-refractivity contribution in [2.45, 2.75) is 19.3 Å². The molecule has 0 bridgehead atoms. The van der Waals surface area contributed by atoms with Crippen LogP contribution in [0.15, 0.2) is 36.4 Å². The molecular formula is C14H21NO. The predicted octanol–water partition coefficient (Wildman–Crippen LogP) is 3.00. The number of nitrogens with zero attached hydrogens (tertiary/aromatic N) is 1. The summed E-state index contributed by atoms with van der Waals surface area (Å²) in [5.41, 5.74) is 2.34. The average Bonchev–Trinajstić information content (AvgIpc) is 2.17. The van der Waals surface area contributed by atoms with E-state index in [0.717, 1.165) is 18.5 Å². The van der Waals surface area contributed by atoms with Crippen molar-refractivity contribution in [3.63, 3.8) is 0 Å². The highest BCUT2D eigenvalue weighted by Crippen LogP contribution is 2.28. The zero-order valence-corrected chi connectivity index (χ0v) is 10.4. The predicted molar refractivity (Wildman–Crippen MR) is 68.8 cm³/mol. The number of hydrogen-bond donors (Lipinski definition) is 1. The van der Waals surface area contributed by atoms with E-state index in [4.69, 9.17) is 0 Å². The zero-order valence-electron chi connectivity index (χ0n) is 10.4. The van der Waals surface area contributed by atoms with E-state index in [1.165, 1.54) is 5.57 Å². The highest BCUT2D eigenvalue weighted by Gasteiger charge is 2.13. The molecule has 0 spiro atoms. The van der Waals surface area contributed by atoms with Crippen molar-refractivity contribution >= 4 is 0 Å². The minimum Gasteiger partial charge on any atom is -0.508 e. The lowest BCUT2D eigenvalue weighted by atomic mass is 9.89. The fraction of sp³-hybridized carbons (Fsp3) is 0.429. The highest BCUT2D eigenvalue weighted by atomic mass is 16.3. The molecule has 0 aliphatic heterocycles. The van der Waals surface area contributed by atoms with Crippen molar-refractivity contribution in [2.24, 2.45) is 0 Å². The molecule has 2 nitrogen and oxygen atoms in total. The SMILES string of the molecule is C=C(CN(C)C)[C@@H](CC)c1cccc(O)c1. The van der Waals surface area contributed by atoms with E-state index >= 15 is 0 Å². The van der Waals surface area contributed by atoms with Gasteiger partial charge in [-0.2, -0.15) is 0 Å². The summed E-state index contributed by atoms with van der Waals surface area (Å²) in [4.78, 5) is 2.12. The first-order valence-corrected chi connectivity index (χ1v) is 5.66. The van der Waals surface area contributed by atoms with Crippen molar-refractivity contribution in [1.29, 1.82) is 0 Å². The quantitative estimate of drug-likeness (QED) is 0.769. The smallest absolute Gasteiger partial charge is 0.115 e. The molecule has 2 heteroatoms. The van der Waals surface area contributed by atoms with Crippen LogP contribution >= 0.6 is 0 Å². The molecule has 0 unspecified atom stereocenters. The molecule has 88 valence electrons. The largest absolute Gasteiger partial charge is 0.508 e. The monoisotopic (exact) mass is 219 g/mol. The third-order valence-corrected chi connectivity index (χ3v) is 2.69. The minimum atomic E-state index is 0.327. The van der Waals surface area contributed by atoms with Crippen LogP contribution in [0.1, 0.15) is 24.8 Å². The number of benzene rings is 1. The first kappa shape index (κ1) is 12.8. The molecule has 0 saturated heterocycles. The fourth-order valence-electron chi connectivity index (χ4n) is 2.02. The van der Waals surface area contributed by atoms with Gasteiger partial charge < -0.3 is 10.0 Å². The van der Waals surface area contributed by atoms with E-state index in [1.54, 1.807) is 6.07 Å². The Balaban J connectivity index is 2.85. The summed E-state index contributed by atoms with van der Waals surface area (Å²) >= 11 is 0. The van der Waals surface area contributed by atoms with Gasteiger partial charge in [-0.05, 0) is 38.2 Å². The summed E-state index contributed by atoms with van der Waals surface area (Å²) in [5, 5.41) is 9.48. The van der Waals surface area contributed by atoms with Crippen molar-refractivity contribution in [1.82, 2.24) is 4.90 Å². The van der Waals surface area contributed by atoms with Crippen molar-refractivity contribution in [3.8, 4) is 5.75 Å². The van der Waals surface area contributed by atoms with E-state index in [9.17, 15) is 5.11 Å². The Morgan fingerprint density at radius 3 is 2.62 bits per heavy atom. The van der Waals surface area contributed by atoms with Gasteiger partial charge in [0, 0.05) is 12.5 Å². The topological polar surface area (TPSA) is 23.5 Å². The minimum absolute atomic E-state index is 0.327. The average molecular weight is 219 g/mol. The van der Waals surface area contributed by atoms with E-state index in [0.29, 0.717) is 11.7 Å². The Bertz CT molecular complexity index is 358. The van der Waals surface area contributed by atoms with Gasteiger partial charge in [-0.15, -0.1) is 0 Å². The summed E-state index contributed by atoms with van der Waals surface area (Å²) < 4.78 is 0. The molecule has 16 heavy (non-hydrogen) atoms. The fourth-order valence-corrected chi connectivity index (χ4v) is 2.02. The molecule has 0 aliphatic rings. The first-order valence-electron chi connectivity index (χ1n) is 5.66. The highest BCUT2D eigenvalue weighted by molar-refractivity contribution is 5.34. The Kier molecular flexibility index (Phi) is 4.56. The van der Waals surface area contributed by atoms with Crippen LogP contribution < -0.4 is 0 Å². The van der Waals surface area contributed by atoms with Crippen molar-refractivity contribution < 1.29 is 5.11 Å². The van der Waals surface area contributed by atoms with E-state index < -0.39 is 0 Å². The summed E-state index contributed by atoms with van der Waals surface area (Å²) in [6, 6.07) is 7.46. The molecule has 1 rings (SSSR count). The molecule has 0 saturated carbocycles. The van der Waals surface area contributed by atoms with Gasteiger partial charge in [0.05, 0.1) is 0 Å². The van der Waals surface area contributed by atoms with Gasteiger partial charge in [0.15, 0.2) is 0 Å².